The number of likely N-dealkylation sites (N-methyl/N-ethyl adjacent to an activating group) is 1. The first-order valence-corrected chi connectivity index (χ1v) is 8.65. The van der Waals surface area contributed by atoms with Crippen LogP contribution in [0.25, 0.3) is 0 Å². The number of aryl methyl sites for hydroxylation is 1. The quantitative estimate of drug-likeness (QED) is 0.833. The van der Waals surface area contributed by atoms with Gasteiger partial charge >= 0.3 is 6.03 Å². The van der Waals surface area contributed by atoms with Gasteiger partial charge in [-0.1, -0.05) is 12.1 Å². The highest BCUT2D eigenvalue weighted by Gasteiger charge is 2.26. The number of nitrogens with zero attached hydrogens (tertiary/aromatic N) is 2. The number of benzene rings is 1. The number of primary amides is 1. The predicted molar refractivity (Wildman–Crippen MR) is 96.0 cm³/mol. The molecule has 1 saturated heterocycles. The summed E-state index contributed by atoms with van der Waals surface area (Å²) in [4.78, 5) is 27.5. The Balaban J connectivity index is 1.82. The van der Waals surface area contributed by atoms with Crippen molar-refractivity contribution < 1.29 is 9.59 Å². The summed E-state index contributed by atoms with van der Waals surface area (Å²) in [5.41, 5.74) is 7.75. The van der Waals surface area contributed by atoms with Crippen LogP contribution in [0.3, 0.4) is 0 Å². The molecule has 1 atom stereocenters. The minimum Gasteiger partial charge on any atom is -0.370 e. The molecule has 1 heterocycles. The standard InChI is InChI=1S/C18H28N4O2/c1-3-21(16-8-4-6-14(2)12-16)11-9-20-18(24)22-10-5-7-15(13-22)17(19)23/h4,6,8,12,15H,3,5,7,9-11,13H2,1-2H3,(H2,19,23)(H,20,24). The summed E-state index contributed by atoms with van der Waals surface area (Å²) < 4.78 is 0. The number of nitrogens with one attached hydrogen (secondary N) is 1. The molecule has 132 valence electrons. The van der Waals surface area contributed by atoms with Crippen molar-refractivity contribution in [2.45, 2.75) is 26.7 Å². The Morgan fingerprint density at radius 3 is 2.88 bits per heavy atom. The molecule has 1 aliphatic rings. The molecule has 2 rings (SSSR count). The van der Waals surface area contributed by atoms with Gasteiger partial charge in [-0.15, -0.1) is 0 Å². The Morgan fingerprint density at radius 1 is 1.42 bits per heavy atom. The molecule has 0 aliphatic carbocycles. The lowest BCUT2D eigenvalue weighted by atomic mass is 9.98. The van der Waals surface area contributed by atoms with E-state index in [-0.39, 0.29) is 17.9 Å². The van der Waals surface area contributed by atoms with Crippen molar-refractivity contribution in [3.8, 4) is 0 Å². The minimum absolute atomic E-state index is 0.110. The lowest BCUT2D eigenvalue weighted by Crippen LogP contribution is -2.49. The van der Waals surface area contributed by atoms with Crippen LogP contribution in [0.15, 0.2) is 24.3 Å². The van der Waals surface area contributed by atoms with Gasteiger partial charge in [0.2, 0.25) is 5.91 Å². The second kappa shape index (κ2) is 8.57. The summed E-state index contributed by atoms with van der Waals surface area (Å²) in [5, 5.41) is 2.95. The van der Waals surface area contributed by atoms with Gasteiger partial charge in [0.05, 0.1) is 5.92 Å². The van der Waals surface area contributed by atoms with Crippen molar-refractivity contribution >= 4 is 17.6 Å². The van der Waals surface area contributed by atoms with Crippen LogP contribution < -0.4 is 16.0 Å². The maximum Gasteiger partial charge on any atom is 0.317 e. The molecule has 0 saturated carbocycles. The SMILES string of the molecule is CCN(CCNC(=O)N1CCCC(C(N)=O)C1)c1cccc(C)c1. The number of rotatable bonds is 6. The molecule has 0 radical (unpaired) electrons. The number of urea groups is 1. The van der Waals surface area contributed by atoms with Crippen LogP contribution in [0.1, 0.15) is 25.3 Å². The molecule has 0 spiro atoms. The van der Waals surface area contributed by atoms with E-state index < -0.39 is 0 Å². The highest BCUT2D eigenvalue weighted by atomic mass is 16.2. The topological polar surface area (TPSA) is 78.7 Å². The van der Waals surface area contributed by atoms with Gasteiger partial charge in [0.25, 0.3) is 0 Å². The fourth-order valence-corrected chi connectivity index (χ4v) is 3.10. The first-order chi connectivity index (χ1) is 11.5. The molecule has 1 unspecified atom stereocenters. The van der Waals surface area contributed by atoms with E-state index in [1.807, 2.05) is 6.07 Å². The molecule has 1 fully saturated rings. The highest BCUT2D eigenvalue weighted by Crippen LogP contribution is 2.16. The maximum atomic E-state index is 12.3. The molecule has 3 N–H and O–H groups in total. The summed E-state index contributed by atoms with van der Waals surface area (Å²) in [6.07, 6.45) is 1.60. The molecule has 1 aromatic rings. The van der Waals surface area contributed by atoms with Gasteiger partial charge in [-0.2, -0.15) is 0 Å². The number of piperidine rings is 1. The molecule has 6 heteroatoms. The Hall–Kier alpha value is -2.24. The van der Waals surface area contributed by atoms with Gasteiger partial charge in [-0.25, -0.2) is 4.79 Å². The lowest BCUT2D eigenvalue weighted by molar-refractivity contribution is -0.123. The fraction of sp³-hybridized carbons (Fsp3) is 0.556. The van der Waals surface area contributed by atoms with Gasteiger partial charge in [0.1, 0.15) is 0 Å². The van der Waals surface area contributed by atoms with Gasteiger partial charge < -0.3 is 20.9 Å². The number of carbonyl (C=O) groups is 2. The third-order valence-electron chi connectivity index (χ3n) is 4.52. The van der Waals surface area contributed by atoms with E-state index in [1.54, 1.807) is 4.90 Å². The highest BCUT2D eigenvalue weighted by molar-refractivity contribution is 5.79. The Kier molecular flexibility index (Phi) is 6.46. The molecule has 1 aliphatic heterocycles. The third kappa shape index (κ3) is 4.88. The van der Waals surface area contributed by atoms with Crippen LogP contribution in [-0.2, 0) is 4.79 Å². The normalized spacial score (nSPS) is 17.4. The van der Waals surface area contributed by atoms with E-state index in [9.17, 15) is 9.59 Å². The van der Waals surface area contributed by atoms with Gasteiger partial charge in [-0.05, 0) is 44.4 Å². The number of hydrogen-bond acceptors (Lipinski definition) is 3. The average Bonchev–Trinajstić information content (AvgIpc) is 2.58. The van der Waals surface area contributed by atoms with Crippen molar-refractivity contribution in [3.63, 3.8) is 0 Å². The van der Waals surface area contributed by atoms with E-state index in [4.69, 9.17) is 5.73 Å². The van der Waals surface area contributed by atoms with Crippen molar-refractivity contribution in [3.05, 3.63) is 29.8 Å². The van der Waals surface area contributed by atoms with E-state index in [0.29, 0.717) is 19.6 Å². The average molecular weight is 332 g/mol. The first kappa shape index (κ1) is 18.1. The predicted octanol–water partition coefficient (Wildman–Crippen LogP) is 1.73. The number of likely N-dealkylation sites (tertiary alicyclic amines) is 1. The van der Waals surface area contributed by atoms with Crippen LogP contribution in [0.5, 0.6) is 0 Å². The third-order valence-corrected chi connectivity index (χ3v) is 4.52. The fourth-order valence-electron chi connectivity index (χ4n) is 3.10. The largest absolute Gasteiger partial charge is 0.370 e. The number of anilines is 1. The van der Waals surface area contributed by atoms with Crippen molar-refractivity contribution in [1.82, 2.24) is 10.2 Å². The summed E-state index contributed by atoms with van der Waals surface area (Å²) in [7, 11) is 0. The van der Waals surface area contributed by atoms with Crippen molar-refractivity contribution in [2.75, 3.05) is 37.6 Å². The summed E-state index contributed by atoms with van der Waals surface area (Å²) in [5.74, 6) is -0.534. The molecule has 24 heavy (non-hydrogen) atoms. The monoisotopic (exact) mass is 332 g/mol. The first-order valence-electron chi connectivity index (χ1n) is 8.65. The van der Waals surface area contributed by atoms with Gasteiger partial charge in [0, 0.05) is 38.4 Å². The van der Waals surface area contributed by atoms with Gasteiger partial charge in [-0.3, -0.25) is 4.79 Å². The molecule has 0 bridgehead atoms. The van der Waals surface area contributed by atoms with Crippen LogP contribution in [-0.4, -0.2) is 49.6 Å². The van der Waals surface area contributed by atoms with Gasteiger partial charge in [0.15, 0.2) is 0 Å². The van der Waals surface area contributed by atoms with Crippen molar-refractivity contribution in [1.29, 1.82) is 0 Å². The number of carbonyl (C=O) groups excluding carboxylic acids is 2. The van der Waals surface area contributed by atoms with E-state index in [1.165, 1.54) is 11.3 Å². The van der Waals surface area contributed by atoms with Crippen molar-refractivity contribution in [2.24, 2.45) is 11.7 Å². The minimum atomic E-state index is -0.316. The molecular formula is C18H28N4O2. The summed E-state index contributed by atoms with van der Waals surface area (Å²) >= 11 is 0. The number of amides is 3. The Morgan fingerprint density at radius 2 is 2.21 bits per heavy atom. The zero-order valence-electron chi connectivity index (χ0n) is 14.6. The number of nitrogens with two attached hydrogens (primary N) is 1. The van der Waals surface area contributed by atoms with Crippen LogP contribution in [0.2, 0.25) is 0 Å². The summed E-state index contributed by atoms with van der Waals surface area (Å²) in [6, 6.07) is 8.24. The molecule has 6 nitrogen and oxygen atoms in total. The number of hydrogen-bond donors (Lipinski definition) is 2. The van der Waals surface area contributed by atoms with E-state index >= 15 is 0 Å². The Labute approximate surface area is 144 Å². The lowest BCUT2D eigenvalue weighted by Gasteiger charge is -2.31. The zero-order chi connectivity index (χ0) is 17.5. The second-order valence-corrected chi connectivity index (χ2v) is 6.34. The maximum absolute atomic E-state index is 12.3. The van der Waals surface area contributed by atoms with Crippen LogP contribution in [0, 0.1) is 12.8 Å². The van der Waals surface area contributed by atoms with E-state index in [2.05, 4.69) is 42.3 Å². The molecular weight excluding hydrogens is 304 g/mol. The Bertz CT molecular complexity index is 576. The second-order valence-electron chi connectivity index (χ2n) is 6.34. The molecule has 1 aromatic carbocycles. The molecule has 3 amide bonds. The van der Waals surface area contributed by atoms with Crippen LogP contribution in [0.4, 0.5) is 10.5 Å². The summed E-state index contributed by atoms with van der Waals surface area (Å²) in [6.45, 7) is 7.49. The smallest absolute Gasteiger partial charge is 0.317 e. The zero-order valence-corrected chi connectivity index (χ0v) is 14.6. The molecule has 0 aromatic heterocycles. The van der Waals surface area contributed by atoms with Crippen LogP contribution >= 0.6 is 0 Å². The van der Waals surface area contributed by atoms with E-state index in [0.717, 1.165) is 25.9 Å².